The van der Waals surface area contributed by atoms with Gasteiger partial charge in [0.25, 0.3) is 0 Å². The van der Waals surface area contributed by atoms with E-state index in [0.29, 0.717) is 36.2 Å². The second kappa shape index (κ2) is 39.8. The van der Waals surface area contributed by atoms with Crippen molar-refractivity contribution in [1.29, 1.82) is 0 Å². The second-order valence-electron chi connectivity index (χ2n) is 23.2. The van der Waals surface area contributed by atoms with Gasteiger partial charge in [-0.1, -0.05) is 57.2 Å². The Labute approximate surface area is 487 Å². The summed E-state index contributed by atoms with van der Waals surface area (Å²) < 4.78 is 11.4. The van der Waals surface area contributed by atoms with Gasteiger partial charge in [0.1, 0.15) is 17.0 Å². The molecule has 3 aliphatic carbocycles. The number of carbonyl (C=O) groups excluding carboxylic acids is 3. The van der Waals surface area contributed by atoms with Crippen molar-refractivity contribution in [2.45, 2.75) is 263 Å². The molecule has 3 aliphatic heterocycles. The molecule has 0 aromatic heterocycles. The van der Waals surface area contributed by atoms with E-state index in [1.165, 1.54) is 83.7 Å². The summed E-state index contributed by atoms with van der Waals surface area (Å²) in [5.41, 5.74) is 6.01. The van der Waals surface area contributed by atoms with Gasteiger partial charge in [0, 0.05) is 90.7 Å². The number of nitrogens with zero attached hydrogens (tertiary/aromatic N) is 2. The minimum absolute atomic E-state index is 0. The number of alkyl carbamates (subject to hydrolysis) is 2. The number of amides is 2. The van der Waals surface area contributed by atoms with Crippen LogP contribution in [-0.4, -0.2) is 111 Å². The van der Waals surface area contributed by atoms with Crippen LogP contribution in [0.5, 0.6) is 0 Å². The summed E-state index contributed by atoms with van der Waals surface area (Å²) >= 11 is 7.71. The van der Waals surface area contributed by atoms with Crippen LogP contribution in [0.3, 0.4) is 0 Å². The molecule has 0 aromatic carbocycles. The predicted octanol–water partition coefficient (Wildman–Crippen LogP) is 11.2. The molecule has 3 saturated heterocycles. The van der Waals surface area contributed by atoms with Gasteiger partial charge in [-0.25, -0.2) is 9.59 Å². The Morgan fingerprint density at radius 3 is 1.30 bits per heavy atom. The zero-order chi connectivity index (χ0) is 52.8. The van der Waals surface area contributed by atoms with Crippen molar-refractivity contribution in [3.8, 4) is 0 Å². The first-order chi connectivity index (χ1) is 32.2. The number of hydrogen-bond acceptors (Lipinski definition) is 9. The van der Waals surface area contributed by atoms with Crippen molar-refractivity contribution in [2.75, 3.05) is 39.3 Å². The number of hydrogen-bond donors (Lipinski definition) is 4. The van der Waals surface area contributed by atoms with Crippen LogP contribution in [0.1, 0.15) is 219 Å². The number of likely N-dealkylation sites (tertiary alicyclic amines) is 2. The molecule has 0 spiro atoms. The third-order valence-corrected chi connectivity index (χ3v) is 15.3. The van der Waals surface area contributed by atoms with Gasteiger partial charge in [-0.3, -0.25) is 14.6 Å². The van der Waals surface area contributed by atoms with Crippen LogP contribution >= 0.6 is 59.8 Å². The summed E-state index contributed by atoms with van der Waals surface area (Å²) in [5.74, 6) is 3.10. The molecule has 0 aromatic rings. The van der Waals surface area contributed by atoms with Crippen molar-refractivity contribution in [3.63, 3.8) is 0 Å². The number of carbonyl (C=O) groups is 3. The predicted molar refractivity (Wildman–Crippen MR) is 316 cm³/mol. The zero-order valence-electron chi connectivity index (χ0n) is 46.9. The summed E-state index contributed by atoms with van der Waals surface area (Å²) in [7, 11) is 0. The summed E-state index contributed by atoms with van der Waals surface area (Å²) in [5, 5.41) is 9.15. The van der Waals surface area contributed by atoms with E-state index in [1.54, 1.807) is 6.92 Å². The minimum atomic E-state index is -0.420. The summed E-state index contributed by atoms with van der Waals surface area (Å²) in [6.07, 6.45) is 22.0. The summed E-state index contributed by atoms with van der Waals surface area (Å²) in [6, 6.07) is 0.996. The molecule has 1 atom stereocenters. The van der Waals surface area contributed by atoms with Gasteiger partial charge >= 0.3 is 62.7 Å². The molecule has 1 radical (unpaired) electrons. The summed E-state index contributed by atoms with van der Waals surface area (Å²) in [4.78, 5) is 39.2. The fourth-order valence-electron chi connectivity index (χ4n) is 9.40. The SMILES string of the molecule is CC(C)(C)OC(=O)NC1CCNCC1.CC1CCC(=O)CC1.CC1CCC(C)(N2CCC(N)CC2)CC1.CC1CCC(C)(N2CCC(NC(=O)OC(C)(C)C)CC2)CC1.CCC(C)I.I[I-]I.[CH2-]C.[V]. The van der Waals surface area contributed by atoms with Gasteiger partial charge < -0.3 is 38.1 Å². The third kappa shape index (κ3) is 35.8. The molecule has 1 unspecified atom stereocenters. The molecule has 6 fully saturated rings. The van der Waals surface area contributed by atoms with E-state index in [0.717, 1.165) is 99.2 Å². The van der Waals surface area contributed by atoms with Crippen LogP contribution in [-0.2, 0) is 32.8 Å². The van der Waals surface area contributed by atoms with Crippen molar-refractivity contribution in [1.82, 2.24) is 25.8 Å². The van der Waals surface area contributed by atoms with E-state index >= 15 is 0 Å². The van der Waals surface area contributed by atoms with Crippen LogP contribution in [0.2, 0.25) is 0 Å². The van der Waals surface area contributed by atoms with Gasteiger partial charge in [-0.2, -0.15) is 6.92 Å². The average Bonchev–Trinajstić information content (AvgIpc) is 3.28. The number of rotatable bonds is 5. The Kier molecular flexibility index (Phi) is 41.9. The first kappa shape index (κ1) is 73.6. The molecule has 6 rings (SSSR count). The molecule has 5 N–H and O–H groups in total. The minimum Gasteiger partial charge on any atom is -0.346 e. The molecular weight excluding hydrogens is 1370 g/mol. The Morgan fingerprint density at radius 1 is 0.700 bits per heavy atom. The Balaban J connectivity index is 0. The molecular formula is C54H106I4N6O5V-2. The van der Waals surface area contributed by atoms with Crippen molar-refractivity contribution in [2.24, 2.45) is 23.5 Å². The number of alkyl halides is 1. The Bertz CT molecular complexity index is 1330. The van der Waals surface area contributed by atoms with E-state index < -0.39 is 11.2 Å². The molecule has 11 nitrogen and oxygen atoms in total. The Morgan fingerprint density at radius 2 is 1.00 bits per heavy atom. The standard InChI is InChI=1S/C18H34N2O2.C13H26N2.C10H20N2O2.C7H12O.C4H9I.C2H5.I3.V/c1-14-6-10-18(5,11-7-14)20-12-8-15(9-13-20)19-16(21)22-17(2,3)4;1-11-3-7-13(2,8-4-11)15-9-5-12(14)6-10-15;1-10(2,3)14-9(13)12-8-4-6-11-7-5-8;1-6-2-4-7(8)5-3-6;1-3-4(2)5;1-2;1-3-2;/h14-15H,6-13H2,1-5H3,(H,19,21);11-12H,3-10,14H2,1-2H3;8,11H,4-7H2,1-3H3,(H,12,13);6H,2-5H2,1H3;4H,3H2,1-2H3;1H2,2H3;;/q;;;;;2*-1;. The number of ketones is 1. The first-order valence-electron chi connectivity index (χ1n) is 26.9. The van der Waals surface area contributed by atoms with Crippen LogP contribution in [0.25, 0.3) is 0 Å². The second-order valence-corrected chi connectivity index (χ2v) is 41.6. The fraction of sp³-hybridized carbons (Fsp3) is 0.926. The van der Waals surface area contributed by atoms with Gasteiger partial charge in [0.15, 0.2) is 0 Å². The largest absolute Gasteiger partial charge is 0.346 e. The Hall–Kier alpha value is 1.55. The average molecular weight is 1480 g/mol. The smallest absolute Gasteiger partial charge is 0 e. The normalized spacial score (nSPS) is 26.7. The van der Waals surface area contributed by atoms with E-state index in [4.69, 9.17) is 15.2 Å². The van der Waals surface area contributed by atoms with Crippen LogP contribution < -0.4 is 34.9 Å². The number of Topliss-reactive ketones (excluding diaryl/α,β-unsaturated/α-hetero) is 1. The first-order valence-corrected chi connectivity index (χ1v) is 40.7. The quantitative estimate of drug-likeness (QED) is 0.120. The van der Waals surface area contributed by atoms with Crippen LogP contribution in [0.4, 0.5) is 9.59 Å². The van der Waals surface area contributed by atoms with Gasteiger partial charge in [-0.05, 0) is 195 Å². The van der Waals surface area contributed by atoms with E-state index in [9.17, 15) is 14.4 Å². The zero-order valence-corrected chi connectivity index (χ0v) is 56.9. The number of piperidine rings is 3. The summed E-state index contributed by atoms with van der Waals surface area (Å²) in [6.45, 7) is 39.2. The molecule has 2 amide bonds. The van der Waals surface area contributed by atoms with Gasteiger partial charge in [0.2, 0.25) is 0 Å². The van der Waals surface area contributed by atoms with E-state index in [-0.39, 0.29) is 42.8 Å². The van der Waals surface area contributed by atoms with Gasteiger partial charge in [0.05, 0.1) is 0 Å². The number of nitrogens with two attached hydrogens (primary N) is 1. The van der Waals surface area contributed by atoms with Crippen LogP contribution in [0.15, 0.2) is 0 Å². The van der Waals surface area contributed by atoms with Crippen LogP contribution in [0, 0.1) is 24.7 Å². The molecule has 0 bridgehead atoms. The van der Waals surface area contributed by atoms with Crippen molar-refractivity contribution in [3.05, 3.63) is 6.92 Å². The maximum absolute atomic E-state index is 11.9. The monoisotopic (exact) mass is 1480 g/mol. The number of nitrogens with one attached hydrogen (secondary N) is 3. The van der Waals surface area contributed by atoms with Crippen molar-refractivity contribution < 1.29 is 55.7 Å². The van der Waals surface area contributed by atoms with Crippen molar-refractivity contribution >= 4 is 77.8 Å². The number of ether oxygens (including phenoxy) is 2. The van der Waals surface area contributed by atoms with Gasteiger partial charge in [-0.15, -0.1) is 0 Å². The third-order valence-electron chi connectivity index (χ3n) is 14.4. The number of halogens is 4. The molecule has 3 saturated carbocycles. The maximum atomic E-state index is 11.9. The van der Waals surface area contributed by atoms with E-state index in [1.807, 2.05) is 41.5 Å². The maximum Gasteiger partial charge on any atom is 0 e. The molecule has 3 heterocycles. The molecule has 6 aliphatic rings. The topological polar surface area (TPSA) is 138 Å². The van der Waals surface area contributed by atoms with E-state index in [2.05, 4.69) is 141 Å². The molecule has 417 valence electrons. The molecule has 70 heavy (non-hydrogen) atoms. The molecule has 16 heteroatoms. The fourth-order valence-corrected chi connectivity index (χ4v) is 9.40.